The molecule has 0 atom stereocenters. The predicted octanol–water partition coefficient (Wildman–Crippen LogP) is 3.15. The van der Waals surface area contributed by atoms with Crippen LogP contribution in [0.1, 0.15) is 18.9 Å². The molecule has 1 aliphatic heterocycles. The molecule has 0 radical (unpaired) electrons. The lowest BCUT2D eigenvalue weighted by molar-refractivity contribution is 0.234. The molecule has 0 bridgehead atoms. The van der Waals surface area contributed by atoms with Gasteiger partial charge in [-0.25, -0.2) is 4.99 Å². The number of hydrogen-bond acceptors (Lipinski definition) is 4. The van der Waals surface area contributed by atoms with E-state index in [2.05, 4.69) is 22.9 Å². The van der Waals surface area contributed by atoms with E-state index in [1.165, 1.54) is 0 Å². The SMILES string of the molecule is CCN1CCOc2ccc(N=C(N)C3=CC=CCC3=S)cc2C1. The summed E-state index contributed by atoms with van der Waals surface area (Å²) in [4.78, 5) is 7.74. The number of hydrogen-bond donors (Lipinski definition) is 1. The number of fused-ring (bicyclic) bond motifs is 1. The van der Waals surface area contributed by atoms with Gasteiger partial charge in [0, 0.05) is 35.5 Å². The van der Waals surface area contributed by atoms with Gasteiger partial charge in [-0.3, -0.25) is 4.90 Å². The Morgan fingerprint density at radius 3 is 3.09 bits per heavy atom. The van der Waals surface area contributed by atoms with Gasteiger partial charge in [-0.2, -0.15) is 0 Å². The molecule has 0 amide bonds. The van der Waals surface area contributed by atoms with Gasteiger partial charge in [-0.15, -0.1) is 0 Å². The van der Waals surface area contributed by atoms with Crippen molar-refractivity contribution in [1.29, 1.82) is 0 Å². The summed E-state index contributed by atoms with van der Waals surface area (Å²) in [5.74, 6) is 1.41. The van der Waals surface area contributed by atoms with Gasteiger partial charge in [0.2, 0.25) is 0 Å². The highest BCUT2D eigenvalue weighted by molar-refractivity contribution is 7.81. The highest BCUT2D eigenvalue weighted by atomic mass is 32.1. The Hall–Kier alpha value is -1.98. The maximum atomic E-state index is 6.15. The summed E-state index contributed by atoms with van der Waals surface area (Å²) in [7, 11) is 0. The first-order valence-electron chi connectivity index (χ1n) is 7.90. The monoisotopic (exact) mass is 327 g/mol. The van der Waals surface area contributed by atoms with Gasteiger partial charge in [0.15, 0.2) is 0 Å². The molecule has 5 heteroatoms. The third kappa shape index (κ3) is 3.68. The lowest BCUT2D eigenvalue weighted by Gasteiger charge is -2.16. The molecule has 2 aliphatic rings. The zero-order valence-electron chi connectivity index (χ0n) is 13.3. The Labute approximate surface area is 142 Å². The standard InChI is InChI=1S/C18H21N3OS/c1-2-21-9-10-22-16-8-7-14(11-13(16)12-21)20-18(19)15-5-3-4-6-17(15)23/h3-5,7-8,11H,2,6,9-10,12H2,1H3,(H2,19,20). The minimum absolute atomic E-state index is 0.473. The first kappa shape index (κ1) is 15.9. The number of benzene rings is 1. The van der Waals surface area contributed by atoms with Crippen LogP contribution in [-0.4, -0.2) is 35.3 Å². The number of nitrogens with two attached hydrogens (primary N) is 1. The second kappa shape index (κ2) is 7.06. The molecular formula is C18H21N3OS. The Morgan fingerprint density at radius 2 is 2.30 bits per heavy atom. The van der Waals surface area contributed by atoms with Crippen molar-refractivity contribution >= 4 is 28.6 Å². The summed E-state index contributed by atoms with van der Waals surface area (Å²) in [6.07, 6.45) is 6.67. The largest absolute Gasteiger partial charge is 0.492 e. The fourth-order valence-corrected chi connectivity index (χ4v) is 3.01. The van der Waals surface area contributed by atoms with Crippen molar-refractivity contribution in [2.24, 2.45) is 10.7 Å². The van der Waals surface area contributed by atoms with Gasteiger partial charge in [0.1, 0.15) is 18.2 Å². The number of amidine groups is 1. The Kier molecular flexibility index (Phi) is 4.88. The van der Waals surface area contributed by atoms with E-state index in [4.69, 9.17) is 22.7 Å². The van der Waals surface area contributed by atoms with Gasteiger partial charge in [0.05, 0.1) is 5.69 Å². The molecule has 120 valence electrons. The van der Waals surface area contributed by atoms with Crippen LogP contribution in [0.3, 0.4) is 0 Å². The molecule has 1 aromatic rings. The third-order valence-corrected chi connectivity index (χ3v) is 4.47. The lowest BCUT2D eigenvalue weighted by Crippen LogP contribution is -2.25. The van der Waals surface area contributed by atoms with Crippen LogP contribution in [0.2, 0.25) is 0 Å². The van der Waals surface area contributed by atoms with Crippen molar-refractivity contribution in [2.75, 3.05) is 19.7 Å². The van der Waals surface area contributed by atoms with E-state index in [-0.39, 0.29) is 0 Å². The van der Waals surface area contributed by atoms with Crippen LogP contribution < -0.4 is 10.5 Å². The molecule has 0 fully saturated rings. The van der Waals surface area contributed by atoms with Crippen molar-refractivity contribution in [3.63, 3.8) is 0 Å². The topological polar surface area (TPSA) is 50.8 Å². The number of allylic oxidation sites excluding steroid dienone is 3. The molecule has 0 saturated carbocycles. The zero-order chi connectivity index (χ0) is 16.2. The van der Waals surface area contributed by atoms with Crippen molar-refractivity contribution in [2.45, 2.75) is 19.9 Å². The van der Waals surface area contributed by atoms with Gasteiger partial charge < -0.3 is 10.5 Å². The van der Waals surface area contributed by atoms with Gasteiger partial charge >= 0.3 is 0 Å². The summed E-state index contributed by atoms with van der Waals surface area (Å²) >= 11 is 5.36. The van der Waals surface area contributed by atoms with E-state index in [1.807, 2.05) is 30.4 Å². The fraction of sp³-hybridized carbons (Fsp3) is 0.333. The first-order chi connectivity index (χ1) is 11.2. The summed E-state index contributed by atoms with van der Waals surface area (Å²) in [6, 6.07) is 5.97. The molecule has 1 aliphatic carbocycles. The lowest BCUT2D eigenvalue weighted by atomic mass is 10.0. The molecule has 1 aromatic carbocycles. The number of aliphatic imine (C=N–C) groups is 1. The minimum atomic E-state index is 0.473. The maximum Gasteiger partial charge on any atom is 0.132 e. The van der Waals surface area contributed by atoms with Crippen LogP contribution in [0.25, 0.3) is 0 Å². The van der Waals surface area contributed by atoms with Crippen molar-refractivity contribution in [1.82, 2.24) is 4.90 Å². The van der Waals surface area contributed by atoms with Crippen LogP contribution in [-0.2, 0) is 6.54 Å². The zero-order valence-corrected chi connectivity index (χ0v) is 14.1. The van der Waals surface area contributed by atoms with Crippen LogP contribution in [0, 0.1) is 0 Å². The number of ether oxygens (including phenoxy) is 1. The molecular weight excluding hydrogens is 306 g/mol. The van der Waals surface area contributed by atoms with Crippen LogP contribution in [0.5, 0.6) is 5.75 Å². The Balaban J connectivity index is 1.88. The molecule has 1 heterocycles. The summed E-state index contributed by atoms with van der Waals surface area (Å²) in [5.41, 5.74) is 8.99. The fourth-order valence-electron chi connectivity index (χ4n) is 2.74. The summed E-state index contributed by atoms with van der Waals surface area (Å²) < 4.78 is 5.81. The number of likely N-dealkylation sites (N-methyl/N-ethyl adjacent to an activating group) is 1. The van der Waals surface area contributed by atoms with Gasteiger partial charge in [-0.1, -0.05) is 37.4 Å². The van der Waals surface area contributed by atoms with E-state index < -0.39 is 0 Å². The normalized spacial score (nSPS) is 18.9. The van der Waals surface area contributed by atoms with Crippen molar-refractivity contribution < 1.29 is 4.74 Å². The molecule has 0 saturated heterocycles. The molecule has 0 unspecified atom stereocenters. The van der Waals surface area contributed by atoms with Gasteiger partial charge in [-0.05, 0) is 24.7 Å². The number of nitrogens with zero attached hydrogens (tertiary/aromatic N) is 2. The van der Waals surface area contributed by atoms with Crippen molar-refractivity contribution in [3.8, 4) is 5.75 Å². The number of rotatable bonds is 3. The van der Waals surface area contributed by atoms with Crippen LogP contribution >= 0.6 is 12.2 Å². The Morgan fingerprint density at radius 1 is 1.43 bits per heavy atom. The maximum absolute atomic E-state index is 6.15. The number of thiocarbonyl (C=S) groups is 1. The third-order valence-electron chi connectivity index (χ3n) is 4.08. The molecule has 4 nitrogen and oxygen atoms in total. The smallest absolute Gasteiger partial charge is 0.132 e. The van der Waals surface area contributed by atoms with E-state index >= 15 is 0 Å². The molecule has 3 rings (SSSR count). The van der Waals surface area contributed by atoms with E-state index in [0.717, 1.165) is 60.1 Å². The van der Waals surface area contributed by atoms with Crippen LogP contribution in [0.15, 0.2) is 47.0 Å². The Bertz CT molecular complexity index is 706. The van der Waals surface area contributed by atoms with E-state index in [1.54, 1.807) is 0 Å². The first-order valence-corrected chi connectivity index (χ1v) is 8.31. The van der Waals surface area contributed by atoms with Gasteiger partial charge in [0.25, 0.3) is 0 Å². The molecule has 0 aromatic heterocycles. The second-order valence-corrected chi connectivity index (χ2v) is 6.13. The predicted molar refractivity (Wildman–Crippen MR) is 98.6 cm³/mol. The quantitative estimate of drug-likeness (QED) is 0.526. The minimum Gasteiger partial charge on any atom is -0.492 e. The van der Waals surface area contributed by atoms with E-state index in [9.17, 15) is 0 Å². The second-order valence-electron chi connectivity index (χ2n) is 5.64. The van der Waals surface area contributed by atoms with E-state index in [0.29, 0.717) is 5.84 Å². The molecule has 2 N–H and O–H groups in total. The molecule has 23 heavy (non-hydrogen) atoms. The average Bonchev–Trinajstić information content (AvgIpc) is 2.76. The van der Waals surface area contributed by atoms with Crippen molar-refractivity contribution in [3.05, 3.63) is 47.6 Å². The summed E-state index contributed by atoms with van der Waals surface area (Å²) in [6.45, 7) is 5.71. The molecule has 0 spiro atoms. The average molecular weight is 327 g/mol. The highest BCUT2D eigenvalue weighted by Gasteiger charge is 2.15. The highest BCUT2D eigenvalue weighted by Crippen LogP contribution is 2.28. The van der Waals surface area contributed by atoms with Crippen LogP contribution in [0.4, 0.5) is 5.69 Å². The summed E-state index contributed by atoms with van der Waals surface area (Å²) in [5, 5.41) is 0.